The first-order valence-corrected chi connectivity index (χ1v) is 6.78. The molecule has 1 N–H and O–H groups in total. The van der Waals surface area contributed by atoms with Gasteiger partial charge in [0.1, 0.15) is 0 Å². The molecule has 5 heteroatoms. The molecule has 2 aromatic rings. The van der Waals surface area contributed by atoms with Crippen molar-refractivity contribution in [3.8, 4) is 11.5 Å². The van der Waals surface area contributed by atoms with E-state index in [1.54, 1.807) is 12.5 Å². The Bertz CT molecular complexity index is 512. The van der Waals surface area contributed by atoms with Gasteiger partial charge in [0.05, 0.1) is 26.1 Å². The number of aliphatic hydroxyl groups excluding tert-OH is 1. The Morgan fingerprint density at radius 2 is 2.15 bits per heavy atom. The van der Waals surface area contributed by atoms with Gasteiger partial charge < -0.3 is 19.1 Å². The number of aliphatic hydroxyl groups is 1. The van der Waals surface area contributed by atoms with Crippen molar-refractivity contribution in [2.24, 2.45) is 0 Å². The number of benzene rings is 1. The summed E-state index contributed by atoms with van der Waals surface area (Å²) in [5, 5.41) is 9.14. The molecule has 0 fully saturated rings. The fraction of sp³-hybridized carbons (Fsp3) is 0.400. The van der Waals surface area contributed by atoms with Crippen molar-refractivity contribution in [3.63, 3.8) is 0 Å². The van der Waals surface area contributed by atoms with Crippen LogP contribution in [0.2, 0.25) is 0 Å². The highest BCUT2D eigenvalue weighted by atomic mass is 16.5. The third kappa shape index (κ3) is 3.99. The molecule has 0 aliphatic heterocycles. The summed E-state index contributed by atoms with van der Waals surface area (Å²) in [5.74, 6) is 1.40. The zero-order valence-corrected chi connectivity index (χ0v) is 11.7. The zero-order chi connectivity index (χ0) is 14.2. The van der Waals surface area contributed by atoms with E-state index in [1.165, 1.54) is 0 Å². The summed E-state index contributed by atoms with van der Waals surface area (Å²) in [5.41, 5.74) is 0.819. The van der Waals surface area contributed by atoms with Gasteiger partial charge in [-0.05, 0) is 31.0 Å². The second-order valence-electron chi connectivity index (χ2n) is 4.37. The van der Waals surface area contributed by atoms with Crippen LogP contribution in [-0.4, -0.2) is 27.9 Å². The summed E-state index contributed by atoms with van der Waals surface area (Å²) in [6, 6.07) is 5.50. The standard InChI is InChI=1S/C15H20N2O3/c1-2-19-15-10-13(11-18)4-5-14(15)20-9-3-7-17-8-6-16-12-17/h4-6,8,10,12,18H,2-3,7,9,11H2,1H3. The number of rotatable bonds is 8. The number of hydrogen-bond acceptors (Lipinski definition) is 4. The second kappa shape index (κ2) is 7.55. The fourth-order valence-corrected chi connectivity index (χ4v) is 1.89. The van der Waals surface area contributed by atoms with Crippen LogP contribution < -0.4 is 9.47 Å². The van der Waals surface area contributed by atoms with Crippen molar-refractivity contribution < 1.29 is 14.6 Å². The third-order valence-electron chi connectivity index (χ3n) is 2.87. The summed E-state index contributed by atoms with van der Waals surface area (Å²) in [6.45, 7) is 3.98. The van der Waals surface area contributed by atoms with Crippen LogP contribution in [0.15, 0.2) is 36.9 Å². The maximum atomic E-state index is 9.14. The van der Waals surface area contributed by atoms with E-state index >= 15 is 0 Å². The first-order valence-electron chi connectivity index (χ1n) is 6.78. The third-order valence-corrected chi connectivity index (χ3v) is 2.87. The van der Waals surface area contributed by atoms with Gasteiger partial charge in [-0.15, -0.1) is 0 Å². The first kappa shape index (κ1) is 14.4. The Labute approximate surface area is 118 Å². The molecule has 0 aliphatic rings. The van der Waals surface area contributed by atoms with Crippen LogP contribution in [0.1, 0.15) is 18.9 Å². The molecule has 0 atom stereocenters. The van der Waals surface area contributed by atoms with E-state index in [1.807, 2.05) is 35.9 Å². The molecule has 1 aromatic heterocycles. The zero-order valence-electron chi connectivity index (χ0n) is 11.7. The first-order chi connectivity index (χ1) is 9.83. The highest BCUT2D eigenvalue weighted by molar-refractivity contribution is 5.42. The summed E-state index contributed by atoms with van der Waals surface area (Å²) in [7, 11) is 0. The monoisotopic (exact) mass is 276 g/mol. The number of aromatic nitrogens is 2. The molecule has 0 amide bonds. The smallest absolute Gasteiger partial charge is 0.161 e. The summed E-state index contributed by atoms with van der Waals surface area (Å²) >= 11 is 0. The Balaban J connectivity index is 1.87. The molecule has 0 bridgehead atoms. The highest BCUT2D eigenvalue weighted by Gasteiger charge is 2.06. The summed E-state index contributed by atoms with van der Waals surface area (Å²) in [6.07, 6.45) is 6.38. The number of hydrogen-bond donors (Lipinski definition) is 1. The minimum atomic E-state index is 0.000976. The number of aryl methyl sites for hydroxylation is 1. The van der Waals surface area contributed by atoms with Crippen molar-refractivity contribution in [2.45, 2.75) is 26.5 Å². The van der Waals surface area contributed by atoms with E-state index in [4.69, 9.17) is 14.6 Å². The normalized spacial score (nSPS) is 10.5. The lowest BCUT2D eigenvalue weighted by atomic mass is 10.2. The fourth-order valence-electron chi connectivity index (χ4n) is 1.89. The summed E-state index contributed by atoms with van der Waals surface area (Å²) < 4.78 is 13.3. The highest BCUT2D eigenvalue weighted by Crippen LogP contribution is 2.28. The largest absolute Gasteiger partial charge is 0.490 e. The van der Waals surface area contributed by atoms with Gasteiger partial charge in [0.2, 0.25) is 0 Å². The SMILES string of the molecule is CCOc1cc(CO)ccc1OCCCn1ccnc1. The van der Waals surface area contributed by atoms with Gasteiger partial charge in [-0.2, -0.15) is 0 Å². The molecule has 2 rings (SSSR count). The number of imidazole rings is 1. The Morgan fingerprint density at radius 1 is 1.25 bits per heavy atom. The lowest BCUT2D eigenvalue weighted by molar-refractivity contribution is 0.263. The molecular formula is C15H20N2O3. The maximum Gasteiger partial charge on any atom is 0.161 e. The predicted octanol–water partition coefficient (Wildman–Crippen LogP) is 2.24. The van der Waals surface area contributed by atoms with Gasteiger partial charge >= 0.3 is 0 Å². The molecule has 0 radical (unpaired) electrons. The molecule has 20 heavy (non-hydrogen) atoms. The van der Waals surface area contributed by atoms with Crippen LogP contribution in [0.5, 0.6) is 11.5 Å². The molecule has 0 saturated heterocycles. The van der Waals surface area contributed by atoms with E-state index in [-0.39, 0.29) is 6.61 Å². The molecular weight excluding hydrogens is 256 g/mol. The molecule has 0 spiro atoms. The van der Waals surface area contributed by atoms with Crippen molar-refractivity contribution in [2.75, 3.05) is 13.2 Å². The molecule has 0 unspecified atom stereocenters. The summed E-state index contributed by atoms with van der Waals surface area (Å²) in [4.78, 5) is 4.00. The van der Waals surface area contributed by atoms with E-state index < -0.39 is 0 Å². The Hall–Kier alpha value is -2.01. The van der Waals surface area contributed by atoms with E-state index in [9.17, 15) is 0 Å². The van der Waals surface area contributed by atoms with Gasteiger partial charge in [0, 0.05) is 18.9 Å². The number of ether oxygens (including phenoxy) is 2. The van der Waals surface area contributed by atoms with Crippen molar-refractivity contribution in [3.05, 3.63) is 42.5 Å². The Kier molecular flexibility index (Phi) is 5.43. The van der Waals surface area contributed by atoms with Crippen molar-refractivity contribution >= 4 is 0 Å². The average Bonchev–Trinajstić information content (AvgIpc) is 2.98. The van der Waals surface area contributed by atoms with Gasteiger partial charge in [0.15, 0.2) is 11.5 Å². The van der Waals surface area contributed by atoms with E-state index in [2.05, 4.69) is 4.98 Å². The lowest BCUT2D eigenvalue weighted by Gasteiger charge is -2.13. The minimum absolute atomic E-state index is 0.000976. The second-order valence-corrected chi connectivity index (χ2v) is 4.37. The average molecular weight is 276 g/mol. The minimum Gasteiger partial charge on any atom is -0.490 e. The van der Waals surface area contributed by atoms with Crippen LogP contribution in [0.25, 0.3) is 0 Å². The maximum absolute atomic E-state index is 9.14. The molecule has 1 aromatic carbocycles. The Morgan fingerprint density at radius 3 is 2.85 bits per heavy atom. The topological polar surface area (TPSA) is 56.5 Å². The van der Waals surface area contributed by atoms with E-state index in [0.29, 0.717) is 19.0 Å². The van der Waals surface area contributed by atoms with Crippen LogP contribution in [0.3, 0.4) is 0 Å². The van der Waals surface area contributed by atoms with Crippen LogP contribution in [0.4, 0.5) is 0 Å². The van der Waals surface area contributed by atoms with Gasteiger partial charge in [-0.25, -0.2) is 4.98 Å². The molecule has 5 nitrogen and oxygen atoms in total. The van der Waals surface area contributed by atoms with Crippen molar-refractivity contribution in [1.29, 1.82) is 0 Å². The van der Waals surface area contributed by atoms with Gasteiger partial charge in [-0.1, -0.05) is 6.07 Å². The number of nitrogens with zero attached hydrogens (tertiary/aromatic N) is 2. The predicted molar refractivity (Wildman–Crippen MR) is 75.9 cm³/mol. The molecule has 0 aliphatic carbocycles. The van der Waals surface area contributed by atoms with Crippen LogP contribution >= 0.6 is 0 Å². The molecule has 1 heterocycles. The van der Waals surface area contributed by atoms with E-state index in [0.717, 1.165) is 24.3 Å². The van der Waals surface area contributed by atoms with Gasteiger partial charge in [0.25, 0.3) is 0 Å². The molecule has 108 valence electrons. The van der Waals surface area contributed by atoms with Crippen LogP contribution in [-0.2, 0) is 13.2 Å². The van der Waals surface area contributed by atoms with Gasteiger partial charge in [-0.3, -0.25) is 0 Å². The lowest BCUT2D eigenvalue weighted by Crippen LogP contribution is -2.05. The van der Waals surface area contributed by atoms with Crippen LogP contribution in [0, 0.1) is 0 Å². The van der Waals surface area contributed by atoms with Crippen molar-refractivity contribution in [1.82, 2.24) is 9.55 Å². The molecule has 0 saturated carbocycles. The quantitative estimate of drug-likeness (QED) is 0.751.